The van der Waals surface area contributed by atoms with Gasteiger partial charge in [0.15, 0.2) is 0 Å². The summed E-state index contributed by atoms with van der Waals surface area (Å²) in [7, 11) is 1.95. The van der Waals surface area contributed by atoms with Gasteiger partial charge < -0.3 is 0 Å². The molecule has 0 unspecified atom stereocenters. The Labute approximate surface area is 76.6 Å². The average molecular weight is 178 g/mol. The van der Waals surface area contributed by atoms with Crippen LogP contribution in [0.2, 0.25) is 0 Å². The van der Waals surface area contributed by atoms with E-state index >= 15 is 0 Å². The molecule has 0 amide bonds. The molecule has 2 aromatic rings. The van der Waals surface area contributed by atoms with Gasteiger partial charge in [0.1, 0.15) is 0 Å². The third kappa shape index (κ3) is 1.01. The number of fused-ring (bicyclic) bond motifs is 1. The summed E-state index contributed by atoms with van der Waals surface area (Å²) < 4.78 is 1.89. The summed E-state index contributed by atoms with van der Waals surface area (Å²) in [6.45, 7) is 0. The van der Waals surface area contributed by atoms with Gasteiger partial charge in [-0.2, -0.15) is 17.7 Å². The third-order valence-corrected chi connectivity index (χ3v) is 2.31. The maximum atomic E-state index is 4.35. The van der Waals surface area contributed by atoms with Gasteiger partial charge in [-0.3, -0.25) is 4.68 Å². The number of hydrogen-bond acceptors (Lipinski definition) is 2. The lowest BCUT2D eigenvalue weighted by atomic mass is 10.2. The fraction of sp³-hybridized carbons (Fsp3) is 0.222. The zero-order valence-electron chi connectivity index (χ0n) is 6.86. The van der Waals surface area contributed by atoms with Gasteiger partial charge in [0.2, 0.25) is 0 Å². The Bertz CT molecular complexity index is 406. The minimum absolute atomic E-state index is 0.733. The van der Waals surface area contributed by atoms with Crippen LogP contribution in [0.25, 0.3) is 10.9 Å². The van der Waals surface area contributed by atoms with Crippen LogP contribution in [-0.2, 0) is 12.8 Å². The van der Waals surface area contributed by atoms with Gasteiger partial charge in [0, 0.05) is 18.2 Å². The Morgan fingerprint density at radius 2 is 2.17 bits per heavy atom. The van der Waals surface area contributed by atoms with Crippen molar-refractivity contribution in [3.05, 3.63) is 30.0 Å². The van der Waals surface area contributed by atoms with Crippen molar-refractivity contribution in [2.45, 2.75) is 5.75 Å². The predicted octanol–water partition coefficient (Wildman–Crippen LogP) is 2.00. The van der Waals surface area contributed by atoms with Crippen molar-refractivity contribution in [3.63, 3.8) is 0 Å². The van der Waals surface area contributed by atoms with E-state index in [1.165, 1.54) is 11.1 Å². The number of hydrogen-bond donors (Lipinski definition) is 1. The topological polar surface area (TPSA) is 17.8 Å². The maximum absolute atomic E-state index is 4.35. The van der Waals surface area contributed by atoms with Gasteiger partial charge >= 0.3 is 0 Å². The van der Waals surface area contributed by atoms with Crippen LogP contribution in [0.3, 0.4) is 0 Å². The van der Waals surface area contributed by atoms with Crippen LogP contribution >= 0.6 is 12.6 Å². The lowest BCUT2D eigenvalue weighted by molar-refractivity contribution is 0.747. The zero-order chi connectivity index (χ0) is 8.55. The monoisotopic (exact) mass is 178 g/mol. The molecule has 0 N–H and O–H groups in total. The third-order valence-electron chi connectivity index (χ3n) is 2.01. The van der Waals surface area contributed by atoms with Crippen LogP contribution in [0.15, 0.2) is 24.3 Å². The molecule has 0 atom stereocenters. The molecule has 2 rings (SSSR count). The lowest BCUT2D eigenvalue weighted by Crippen LogP contribution is -1.94. The van der Waals surface area contributed by atoms with Gasteiger partial charge in [0.05, 0.1) is 11.2 Å². The molecule has 62 valence electrons. The van der Waals surface area contributed by atoms with Crippen molar-refractivity contribution in [1.82, 2.24) is 9.78 Å². The van der Waals surface area contributed by atoms with Crippen LogP contribution in [0, 0.1) is 0 Å². The van der Waals surface area contributed by atoms with E-state index in [-0.39, 0.29) is 0 Å². The highest BCUT2D eigenvalue weighted by Crippen LogP contribution is 2.18. The van der Waals surface area contributed by atoms with E-state index in [9.17, 15) is 0 Å². The molecular weight excluding hydrogens is 168 g/mol. The van der Waals surface area contributed by atoms with E-state index in [2.05, 4.69) is 23.8 Å². The molecule has 0 saturated carbocycles. The molecule has 2 nitrogen and oxygen atoms in total. The zero-order valence-corrected chi connectivity index (χ0v) is 7.75. The van der Waals surface area contributed by atoms with E-state index in [4.69, 9.17) is 0 Å². The molecule has 3 heteroatoms. The largest absolute Gasteiger partial charge is 0.271 e. The number of thiol groups is 1. The number of aryl methyl sites for hydroxylation is 1. The Kier molecular flexibility index (Phi) is 1.81. The smallest absolute Gasteiger partial charge is 0.0926 e. The number of aromatic nitrogens is 2. The quantitative estimate of drug-likeness (QED) is 0.661. The first-order valence-corrected chi connectivity index (χ1v) is 4.47. The molecule has 0 spiro atoms. The standard InChI is InChI=1S/C9H10N2S/c1-11-9(6-12)7-4-2-3-5-8(7)10-11/h2-5,12H,6H2,1H3. The maximum Gasteiger partial charge on any atom is 0.0926 e. The minimum Gasteiger partial charge on any atom is -0.271 e. The Morgan fingerprint density at radius 3 is 2.92 bits per heavy atom. The van der Waals surface area contributed by atoms with Gasteiger partial charge in [-0.25, -0.2) is 0 Å². The van der Waals surface area contributed by atoms with Crippen LogP contribution in [0.1, 0.15) is 5.69 Å². The minimum atomic E-state index is 0.733. The second kappa shape index (κ2) is 2.83. The summed E-state index contributed by atoms with van der Waals surface area (Å²) >= 11 is 4.26. The number of nitrogens with zero attached hydrogens (tertiary/aromatic N) is 2. The molecule has 1 heterocycles. The highest BCUT2D eigenvalue weighted by molar-refractivity contribution is 7.79. The molecule has 0 saturated heterocycles. The first kappa shape index (κ1) is 7.68. The lowest BCUT2D eigenvalue weighted by Gasteiger charge is -1.95. The fourth-order valence-electron chi connectivity index (χ4n) is 1.39. The molecule has 1 aromatic carbocycles. The predicted molar refractivity (Wildman–Crippen MR) is 53.4 cm³/mol. The van der Waals surface area contributed by atoms with Crippen molar-refractivity contribution < 1.29 is 0 Å². The van der Waals surface area contributed by atoms with Crippen molar-refractivity contribution >= 4 is 23.5 Å². The highest BCUT2D eigenvalue weighted by atomic mass is 32.1. The van der Waals surface area contributed by atoms with E-state index in [0.717, 1.165) is 11.3 Å². The fourth-order valence-corrected chi connectivity index (χ4v) is 1.76. The van der Waals surface area contributed by atoms with E-state index in [0.29, 0.717) is 0 Å². The van der Waals surface area contributed by atoms with Crippen molar-refractivity contribution in [2.24, 2.45) is 7.05 Å². The van der Waals surface area contributed by atoms with E-state index in [1.54, 1.807) is 0 Å². The summed E-state index contributed by atoms with van der Waals surface area (Å²) in [6.07, 6.45) is 0. The summed E-state index contributed by atoms with van der Waals surface area (Å²) in [5.41, 5.74) is 2.22. The van der Waals surface area contributed by atoms with Gasteiger partial charge in [-0.05, 0) is 6.07 Å². The van der Waals surface area contributed by atoms with Crippen LogP contribution in [0.5, 0.6) is 0 Å². The number of benzene rings is 1. The Balaban J connectivity index is 2.81. The average Bonchev–Trinajstić information content (AvgIpc) is 2.40. The van der Waals surface area contributed by atoms with Crippen LogP contribution in [0.4, 0.5) is 0 Å². The normalized spacial score (nSPS) is 10.8. The first-order valence-electron chi connectivity index (χ1n) is 3.84. The molecule has 0 aliphatic rings. The molecule has 0 bridgehead atoms. The molecule has 0 aliphatic heterocycles. The second-order valence-electron chi connectivity index (χ2n) is 2.75. The van der Waals surface area contributed by atoms with Crippen molar-refractivity contribution in [3.8, 4) is 0 Å². The Morgan fingerprint density at radius 1 is 1.42 bits per heavy atom. The summed E-state index contributed by atoms with van der Waals surface area (Å²) in [5.74, 6) is 0.733. The van der Waals surface area contributed by atoms with E-state index in [1.807, 2.05) is 29.9 Å². The van der Waals surface area contributed by atoms with Crippen LogP contribution in [-0.4, -0.2) is 9.78 Å². The van der Waals surface area contributed by atoms with Gasteiger partial charge in [0.25, 0.3) is 0 Å². The molecule has 12 heavy (non-hydrogen) atoms. The summed E-state index contributed by atoms with van der Waals surface area (Å²) in [4.78, 5) is 0. The summed E-state index contributed by atoms with van der Waals surface area (Å²) in [6, 6.07) is 8.12. The molecular formula is C9H10N2S. The first-order chi connectivity index (χ1) is 5.83. The molecule has 0 radical (unpaired) electrons. The number of rotatable bonds is 1. The summed E-state index contributed by atoms with van der Waals surface area (Å²) in [5, 5.41) is 5.56. The Hall–Kier alpha value is -0.960. The molecule has 0 aliphatic carbocycles. The van der Waals surface area contributed by atoms with Crippen LogP contribution < -0.4 is 0 Å². The second-order valence-corrected chi connectivity index (χ2v) is 3.06. The molecule has 0 fully saturated rings. The van der Waals surface area contributed by atoms with Crippen molar-refractivity contribution in [1.29, 1.82) is 0 Å². The van der Waals surface area contributed by atoms with Crippen molar-refractivity contribution in [2.75, 3.05) is 0 Å². The van der Waals surface area contributed by atoms with Gasteiger partial charge in [-0.15, -0.1) is 0 Å². The SMILES string of the molecule is Cn1nc2ccccc2c1CS. The molecule has 1 aromatic heterocycles. The van der Waals surface area contributed by atoms with Gasteiger partial charge in [-0.1, -0.05) is 18.2 Å². The van der Waals surface area contributed by atoms with E-state index < -0.39 is 0 Å². The highest BCUT2D eigenvalue weighted by Gasteiger charge is 2.04.